The summed E-state index contributed by atoms with van der Waals surface area (Å²) < 4.78 is 0. The van der Waals surface area contributed by atoms with E-state index >= 15 is 0 Å². The zero-order valence-corrected chi connectivity index (χ0v) is 10.8. The summed E-state index contributed by atoms with van der Waals surface area (Å²) in [7, 11) is 0. The van der Waals surface area contributed by atoms with Gasteiger partial charge in [-0.15, -0.1) is 12.4 Å². The van der Waals surface area contributed by atoms with Gasteiger partial charge in [-0.25, -0.2) is 0 Å². The first kappa shape index (κ1) is 13.4. The van der Waals surface area contributed by atoms with Crippen LogP contribution in [0, 0.1) is 6.92 Å². The van der Waals surface area contributed by atoms with Crippen molar-refractivity contribution in [2.75, 3.05) is 19.6 Å². The van der Waals surface area contributed by atoms with Crippen LogP contribution in [0.5, 0.6) is 0 Å². The second-order valence-corrected chi connectivity index (χ2v) is 4.29. The average Bonchev–Trinajstić information content (AvgIpc) is 2.24. The molecule has 2 heterocycles. The Labute approximate surface area is 104 Å². The number of aryl methyl sites for hydroxylation is 1. The van der Waals surface area contributed by atoms with Crippen molar-refractivity contribution in [2.45, 2.75) is 26.4 Å². The molecule has 0 aromatic carbocycles. The van der Waals surface area contributed by atoms with Gasteiger partial charge in [0.1, 0.15) is 0 Å². The Hall–Kier alpha value is -0.640. The van der Waals surface area contributed by atoms with Gasteiger partial charge in [0, 0.05) is 38.4 Å². The standard InChI is InChI=1S/C12H19N3.ClH/c1-10-4-3-5-14-12(10)9-15-7-6-13-8-11(15)2;/h3-5,11,13H,6-9H2,1-2H3;1H/t11-;/m0./s1. The van der Waals surface area contributed by atoms with Gasteiger partial charge in [-0.2, -0.15) is 0 Å². The molecule has 3 nitrogen and oxygen atoms in total. The number of piperazine rings is 1. The number of nitrogens with zero attached hydrogens (tertiary/aromatic N) is 2. The minimum absolute atomic E-state index is 0. The summed E-state index contributed by atoms with van der Waals surface area (Å²) in [6.45, 7) is 8.69. The van der Waals surface area contributed by atoms with Crippen molar-refractivity contribution in [2.24, 2.45) is 0 Å². The third kappa shape index (κ3) is 3.17. The lowest BCUT2D eigenvalue weighted by molar-refractivity contribution is 0.163. The van der Waals surface area contributed by atoms with Gasteiger partial charge >= 0.3 is 0 Å². The Kier molecular flexibility index (Phi) is 5.19. The molecule has 1 atom stereocenters. The molecular formula is C12H20ClN3. The molecule has 4 heteroatoms. The molecule has 90 valence electrons. The maximum atomic E-state index is 4.44. The van der Waals surface area contributed by atoms with E-state index in [1.165, 1.54) is 11.3 Å². The number of hydrogen-bond acceptors (Lipinski definition) is 3. The summed E-state index contributed by atoms with van der Waals surface area (Å²) in [5.74, 6) is 0. The highest BCUT2D eigenvalue weighted by Crippen LogP contribution is 2.11. The second kappa shape index (κ2) is 6.18. The summed E-state index contributed by atoms with van der Waals surface area (Å²) in [5.41, 5.74) is 2.51. The predicted octanol–water partition coefficient (Wildman–Crippen LogP) is 1.61. The topological polar surface area (TPSA) is 28.2 Å². The lowest BCUT2D eigenvalue weighted by Crippen LogP contribution is -2.49. The smallest absolute Gasteiger partial charge is 0.0573 e. The van der Waals surface area contributed by atoms with E-state index in [1.807, 2.05) is 12.3 Å². The van der Waals surface area contributed by atoms with Gasteiger partial charge in [-0.1, -0.05) is 6.07 Å². The number of nitrogens with one attached hydrogen (secondary N) is 1. The van der Waals surface area contributed by atoms with Crippen LogP contribution in [0.15, 0.2) is 18.3 Å². The minimum atomic E-state index is 0. The first-order valence-electron chi connectivity index (χ1n) is 5.62. The van der Waals surface area contributed by atoms with Crippen LogP contribution in [0.1, 0.15) is 18.2 Å². The third-order valence-electron chi connectivity index (χ3n) is 3.11. The molecule has 0 saturated carbocycles. The van der Waals surface area contributed by atoms with Crippen molar-refractivity contribution in [3.05, 3.63) is 29.6 Å². The van der Waals surface area contributed by atoms with Crippen molar-refractivity contribution in [1.29, 1.82) is 0 Å². The molecule has 0 bridgehead atoms. The maximum absolute atomic E-state index is 4.44. The summed E-state index contributed by atoms with van der Waals surface area (Å²) in [6.07, 6.45) is 1.88. The molecule has 1 aromatic rings. The monoisotopic (exact) mass is 241 g/mol. The maximum Gasteiger partial charge on any atom is 0.0573 e. The Morgan fingerprint density at radius 2 is 2.38 bits per heavy atom. The van der Waals surface area contributed by atoms with E-state index in [2.05, 4.69) is 35.1 Å². The molecule has 0 radical (unpaired) electrons. The average molecular weight is 242 g/mol. The second-order valence-electron chi connectivity index (χ2n) is 4.29. The van der Waals surface area contributed by atoms with Gasteiger partial charge in [0.25, 0.3) is 0 Å². The lowest BCUT2D eigenvalue weighted by Gasteiger charge is -2.33. The number of aromatic nitrogens is 1. The largest absolute Gasteiger partial charge is 0.314 e. The normalized spacial score (nSPS) is 21.5. The molecule has 0 spiro atoms. The zero-order valence-electron chi connectivity index (χ0n) is 9.94. The van der Waals surface area contributed by atoms with Crippen molar-refractivity contribution in [3.63, 3.8) is 0 Å². The fourth-order valence-electron chi connectivity index (χ4n) is 1.99. The molecule has 1 aromatic heterocycles. The number of halogens is 1. The van der Waals surface area contributed by atoms with Gasteiger partial charge in [-0.05, 0) is 25.5 Å². The molecule has 16 heavy (non-hydrogen) atoms. The van der Waals surface area contributed by atoms with E-state index in [1.54, 1.807) is 0 Å². The highest BCUT2D eigenvalue weighted by atomic mass is 35.5. The van der Waals surface area contributed by atoms with E-state index in [4.69, 9.17) is 0 Å². The molecule has 1 N–H and O–H groups in total. The van der Waals surface area contributed by atoms with Crippen LogP contribution in [0.3, 0.4) is 0 Å². The van der Waals surface area contributed by atoms with E-state index in [-0.39, 0.29) is 12.4 Å². The molecule has 1 aliphatic rings. The van der Waals surface area contributed by atoms with E-state index in [0.29, 0.717) is 6.04 Å². The van der Waals surface area contributed by atoms with Gasteiger partial charge in [0.2, 0.25) is 0 Å². The Bertz CT molecular complexity index is 330. The van der Waals surface area contributed by atoms with Crippen molar-refractivity contribution in [3.8, 4) is 0 Å². The third-order valence-corrected chi connectivity index (χ3v) is 3.11. The first-order chi connectivity index (χ1) is 7.27. The van der Waals surface area contributed by atoms with Crippen LogP contribution < -0.4 is 5.32 Å². The van der Waals surface area contributed by atoms with Crippen LogP contribution in [0.2, 0.25) is 0 Å². The molecule has 2 rings (SSSR count). The quantitative estimate of drug-likeness (QED) is 0.853. The number of rotatable bonds is 2. The molecule has 0 unspecified atom stereocenters. The predicted molar refractivity (Wildman–Crippen MR) is 69.0 cm³/mol. The van der Waals surface area contributed by atoms with Gasteiger partial charge in [0.15, 0.2) is 0 Å². The SMILES string of the molecule is Cc1cccnc1CN1CCNC[C@@H]1C.Cl. The lowest BCUT2D eigenvalue weighted by atomic mass is 10.1. The molecular weight excluding hydrogens is 222 g/mol. The van der Waals surface area contributed by atoms with Crippen molar-refractivity contribution < 1.29 is 0 Å². The molecule has 0 aliphatic carbocycles. The van der Waals surface area contributed by atoms with Crippen LogP contribution in [0.4, 0.5) is 0 Å². The van der Waals surface area contributed by atoms with Crippen LogP contribution in [-0.4, -0.2) is 35.6 Å². The van der Waals surface area contributed by atoms with Crippen LogP contribution >= 0.6 is 12.4 Å². The molecule has 1 aliphatic heterocycles. The van der Waals surface area contributed by atoms with E-state index < -0.39 is 0 Å². The van der Waals surface area contributed by atoms with Crippen molar-refractivity contribution >= 4 is 12.4 Å². The number of pyridine rings is 1. The summed E-state index contributed by atoms with van der Waals surface area (Å²) >= 11 is 0. The van der Waals surface area contributed by atoms with Crippen LogP contribution in [-0.2, 0) is 6.54 Å². The van der Waals surface area contributed by atoms with Gasteiger partial charge in [-0.3, -0.25) is 9.88 Å². The Balaban J connectivity index is 0.00000128. The van der Waals surface area contributed by atoms with E-state index in [0.717, 1.165) is 26.2 Å². The summed E-state index contributed by atoms with van der Waals surface area (Å²) in [5, 5.41) is 3.40. The van der Waals surface area contributed by atoms with Crippen LogP contribution in [0.25, 0.3) is 0 Å². The summed E-state index contributed by atoms with van der Waals surface area (Å²) in [6, 6.07) is 4.75. The van der Waals surface area contributed by atoms with Gasteiger partial charge < -0.3 is 5.32 Å². The Morgan fingerprint density at radius 1 is 1.56 bits per heavy atom. The first-order valence-corrected chi connectivity index (χ1v) is 5.62. The van der Waals surface area contributed by atoms with Crippen molar-refractivity contribution in [1.82, 2.24) is 15.2 Å². The fourth-order valence-corrected chi connectivity index (χ4v) is 1.99. The fraction of sp³-hybridized carbons (Fsp3) is 0.583. The number of hydrogen-bond donors (Lipinski definition) is 1. The summed E-state index contributed by atoms with van der Waals surface area (Å²) in [4.78, 5) is 6.94. The zero-order chi connectivity index (χ0) is 10.7. The highest BCUT2D eigenvalue weighted by Gasteiger charge is 2.18. The Morgan fingerprint density at radius 3 is 3.06 bits per heavy atom. The molecule has 1 saturated heterocycles. The van der Waals surface area contributed by atoms with E-state index in [9.17, 15) is 0 Å². The molecule has 0 amide bonds. The van der Waals surface area contributed by atoms with Gasteiger partial charge in [0.05, 0.1) is 5.69 Å². The minimum Gasteiger partial charge on any atom is -0.314 e. The molecule has 1 fully saturated rings. The highest BCUT2D eigenvalue weighted by molar-refractivity contribution is 5.85.